The standard InChI is InChI=1S/C17H15N3O4/c21-7-11-5-16(19-9-18-11)24-12-3-4-13-14(8-23-15(13)6-12)17(22)20-10-1-2-10/h3-6,8-10,21H,1-2,7H2,(H,20,22). The summed E-state index contributed by atoms with van der Waals surface area (Å²) in [5, 5.41) is 12.8. The molecule has 0 radical (unpaired) electrons. The Balaban J connectivity index is 1.58. The number of rotatable bonds is 5. The topological polar surface area (TPSA) is 97.5 Å². The van der Waals surface area contributed by atoms with Crippen molar-refractivity contribution >= 4 is 16.9 Å². The molecule has 0 aliphatic heterocycles. The van der Waals surface area contributed by atoms with Crippen molar-refractivity contribution in [3.63, 3.8) is 0 Å². The van der Waals surface area contributed by atoms with Crippen molar-refractivity contribution < 1.29 is 19.1 Å². The number of ether oxygens (including phenoxy) is 1. The van der Waals surface area contributed by atoms with Gasteiger partial charge in [0.2, 0.25) is 5.88 Å². The van der Waals surface area contributed by atoms with E-state index in [9.17, 15) is 4.79 Å². The van der Waals surface area contributed by atoms with E-state index in [2.05, 4.69) is 15.3 Å². The Morgan fingerprint density at radius 1 is 1.33 bits per heavy atom. The number of carbonyl (C=O) groups excluding carboxylic acids is 1. The van der Waals surface area contributed by atoms with Crippen molar-refractivity contribution in [2.45, 2.75) is 25.5 Å². The molecule has 1 fully saturated rings. The van der Waals surface area contributed by atoms with E-state index in [0.29, 0.717) is 34.5 Å². The maximum atomic E-state index is 12.2. The lowest BCUT2D eigenvalue weighted by molar-refractivity contribution is 0.0952. The molecular formula is C17H15N3O4. The maximum Gasteiger partial charge on any atom is 0.255 e. The van der Waals surface area contributed by atoms with Gasteiger partial charge in [-0.15, -0.1) is 0 Å². The van der Waals surface area contributed by atoms with Crippen molar-refractivity contribution in [1.82, 2.24) is 15.3 Å². The molecule has 122 valence electrons. The molecule has 2 heterocycles. The molecule has 1 saturated carbocycles. The first-order chi connectivity index (χ1) is 11.7. The fourth-order valence-corrected chi connectivity index (χ4v) is 2.38. The molecule has 0 saturated heterocycles. The number of hydrogen-bond donors (Lipinski definition) is 2. The van der Waals surface area contributed by atoms with Crippen molar-refractivity contribution in [1.29, 1.82) is 0 Å². The van der Waals surface area contributed by atoms with Crippen molar-refractivity contribution in [3.8, 4) is 11.6 Å². The molecule has 2 aromatic heterocycles. The van der Waals surface area contributed by atoms with Crippen LogP contribution in [0.1, 0.15) is 28.9 Å². The number of amides is 1. The molecule has 24 heavy (non-hydrogen) atoms. The van der Waals surface area contributed by atoms with Gasteiger partial charge in [0.1, 0.15) is 23.9 Å². The Morgan fingerprint density at radius 2 is 2.21 bits per heavy atom. The minimum atomic E-state index is -0.185. The second kappa shape index (κ2) is 5.93. The molecule has 1 amide bonds. The zero-order chi connectivity index (χ0) is 16.5. The molecule has 0 atom stereocenters. The SMILES string of the molecule is O=C(NC1CC1)c1coc2cc(Oc3cc(CO)ncn3)ccc12. The molecule has 1 aliphatic carbocycles. The van der Waals surface area contributed by atoms with Crippen molar-refractivity contribution in [2.24, 2.45) is 0 Å². The number of furan rings is 1. The minimum Gasteiger partial charge on any atom is -0.463 e. The van der Waals surface area contributed by atoms with Gasteiger partial charge in [0, 0.05) is 23.6 Å². The minimum absolute atomic E-state index is 0.117. The number of hydrogen-bond acceptors (Lipinski definition) is 6. The van der Waals surface area contributed by atoms with Gasteiger partial charge < -0.3 is 19.6 Å². The number of nitrogens with one attached hydrogen (secondary N) is 1. The normalized spacial score (nSPS) is 13.9. The highest BCUT2D eigenvalue weighted by Crippen LogP contribution is 2.29. The third kappa shape index (κ3) is 2.93. The number of aromatic nitrogens is 2. The van der Waals surface area contributed by atoms with Crippen LogP contribution in [0.3, 0.4) is 0 Å². The fourth-order valence-electron chi connectivity index (χ4n) is 2.38. The first-order valence-electron chi connectivity index (χ1n) is 7.64. The van der Waals surface area contributed by atoms with Crippen LogP contribution in [0, 0.1) is 0 Å². The van der Waals surface area contributed by atoms with Crippen LogP contribution in [-0.2, 0) is 6.61 Å². The molecule has 0 bridgehead atoms. The van der Waals surface area contributed by atoms with Crippen LogP contribution in [0.4, 0.5) is 0 Å². The highest BCUT2D eigenvalue weighted by molar-refractivity contribution is 6.06. The maximum absolute atomic E-state index is 12.2. The highest BCUT2D eigenvalue weighted by atomic mass is 16.5. The summed E-state index contributed by atoms with van der Waals surface area (Å²) in [4.78, 5) is 20.1. The summed E-state index contributed by atoms with van der Waals surface area (Å²) in [7, 11) is 0. The van der Waals surface area contributed by atoms with Crippen LogP contribution in [-0.4, -0.2) is 27.0 Å². The van der Waals surface area contributed by atoms with Gasteiger partial charge in [-0.2, -0.15) is 0 Å². The summed E-state index contributed by atoms with van der Waals surface area (Å²) < 4.78 is 11.1. The molecule has 1 aliphatic rings. The fraction of sp³-hybridized carbons (Fsp3) is 0.235. The number of aliphatic hydroxyl groups excluding tert-OH is 1. The largest absolute Gasteiger partial charge is 0.463 e. The van der Waals surface area contributed by atoms with Gasteiger partial charge >= 0.3 is 0 Å². The molecule has 1 aromatic carbocycles. The second-order valence-electron chi connectivity index (χ2n) is 5.66. The van der Waals surface area contributed by atoms with Crippen LogP contribution in [0.25, 0.3) is 11.0 Å². The highest BCUT2D eigenvalue weighted by Gasteiger charge is 2.25. The third-order valence-corrected chi connectivity index (χ3v) is 3.79. The first kappa shape index (κ1) is 14.6. The molecule has 2 N–H and O–H groups in total. The zero-order valence-corrected chi connectivity index (χ0v) is 12.7. The van der Waals surface area contributed by atoms with Gasteiger partial charge in [0.15, 0.2) is 0 Å². The molecule has 0 spiro atoms. The van der Waals surface area contributed by atoms with Gasteiger partial charge in [-0.25, -0.2) is 9.97 Å². The van der Waals surface area contributed by atoms with Crippen molar-refractivity contribution in [3.05, 3.63) is 48.1 Å². The predicted octanol–water partition coefficient (Wildman–Crippen LogP) is 2.40. The van der Waals surface area contributed by atoms with Crippen LogP contribution in [0.15, 0.2) is 41.3 Å². The Morgan fingerprint density at radius 3 is 3.00 bits per heavy atom. The monoisotopic (exact) mass is 325 g/mol. The molecule has 7 heteroatoms. The van der Waals surface area contributed by atoms with E-state index >= 15 is 0 Å². The number of nitrogens with zero attached hydrogens (tertiary/aromatic N) is 2. The molecular weight excluding hydrogens is 310 g/mol. The second-order valence-corrected chi connectivity index (χ2v) is 5.66. The lowest BCUT2D eigenvalue weighted by Crippen LogP contribution is -2.24. The number of carbonyl (C=O) groups is 1. The average Bonchev–Trinajstić information content (AvgIpc) is 3.31. The van der Waals surface area contributed by atoms with E-state index in [-0.39, 0.29) is 12.5 Å². The van der Waals surface area contributed by atoms with E-state index in [1.165, 1.54) is 12.6 Å². The molecule has 0 unspecified atom stereocenters. The Labute approximate surface area is 137 Å². The lowest BCUT2D eigenvalue weighted by Gasteiger charge is -2.05. The van der Waals surface area contributed by atoms with Crippen LogP contribution < -0.4 is 10.1 Å². The van der Waals surface area contributed by atoms with Crippen molar-refractivity contribution in [2.75, 3.05) is 0 Å². The van der Waals surface area contributed by atoms with E-state index < -0.39 is 0 Å². The number of fused-ring (bicyclic) bond motifs is 1. The Hall–Kier alpha value is -2.93. The molecule has 3 aromatic rings. The summed E-state index contributed by atoms with van der Waals surface area (Å²) in [5.74, 6) is 0.730. The van der Waals surface area contributed by atoms with Crippen LogP contribution in [0.5, 0.6) is 11.6 Å². The molecule has 7 nitrogen and oxygen atoms in total. The predicted molar refractivity (Wildman–Crippen MR) is 84.7 cm³/mol. The third-order valence-electron chi connectivity index (χ3n) is 3.79. The van der Waals surface area contributed by atoms with E-state index in [0.717, 1.165) is 18.2 Å². The summed E-state index contributed by atoms with van der Waals surface area (Å²) in [6, 6.07) is 7.07. The number of benzene rings is 1. The van der Waals surface area contributed by atoms with E-state index in [1.807, 2.05) is 0 Å². The lowest BCUT2D eigenvalue weighted by atomic mass is 10.1. The van der Waals surface area contributed by atoms with E-state index in [4.69, 9.17) is 14.3 Å². The smallest absolute Gasteiger partial charge is 0.255 e. The quantitative estimate of drug-likeness (QED) is 0.747. The summed E-state index contributed by atoms with van der Waals surface area (Å²) in [6.07, 6.45) is 4.86. The Kier molecular flexibility index (Phi) is 3.62. The van der Waals surface area contributed by atoms with E-state index in [1.54, 1.807) is 24.3 Å². The van der Waals surface area contributed by atoms with Gasteiger partial charge in [-0.05, 0) is 25.0 Å². The summed E-state index contributed by atoms with van der Waals surface area (Å²) in [5.41, 5.74) is 1.55. The van der Waals surface area contributed by atoms with Gasteiger partial charge in [-0.3, -0.25) is 4.79 Å². The molecule has 4 rings (SSSR count). The van der Waals surface area contributed by atoms with Gasteiger partial charge in [0.05, 0.1) is 17.9 Å². The number of aliphatic hydroxyl groups is 1. The average molecular weight is 325 g/mol. The first-order valence-corrected chi connectivity index (χ1v) is 7.64. The Bertz CT molecular complexity index is 902. The summed E-state index contributed by atoms with van der Waals surface area (Å²) >= 11 is 0. The van der Waals surface area contributed by atoms with Crippen LogP contribution >= 0.6 is 0 Å². The van der Waals surface area contributed by atoms with Gasteiger partial charge in [-0.1, -0.05) is 0 Å². The zero-order valence-electron chi connectivity index (χ0n) is 12.7. The van der Waals surface area contributed by atoms with Gasteiger partial charge in [0.25, 0.3) is 5.91 Å². The van der Waals surface area contributed by atoms with Crippen LogP contribution in [0.2, 0.25) is 0 Å². The summed E-state index contributed by atoms with van der Waals surface area (Å²) in [6.45, 7) is -0.185.